The molecule has 0 N–H and O–H groups in total. The second-order valence-electron chi connectivity index (χ2n) is 7.94. The number of unbranched alkanes of at least 4 members (excludes halogenated alkanes) is 1. The van der Waals surface area contributed by atoms with Crippen LogP contribution in [0.4, 0.5) is 0 Å². The first-order valence-electron chi connectivity index (χ1n) is 10.0. The molecule has 140 valence electrons. The normalized spacial score (nSPS) is 25.1. The van der Waals surface area contributed by atoms with E-state index in [2.05, 4.69) is 30.6 Å². The Bertz CT molecular complexity index is 600. The minimum absolute atomic E-state index is 0.325. The maximum atomic E-state index is 12.3. The van der Waals surface area contributed by atoms with Crippen molar-refractivity contribution in [1.82, 2.24) is 14.8 Å². The van der Waals surface area contributed by atoms with Crippen LogP contribution in [0.15, 0.2) is 0 Å². The van der Waals surface area contributed by atoms with Crippen LogP contribution in [0.5, 0.6) is 0 Å². The second-order valence-corrected chi connectivity index (χ2v) is 9.23. The predicted octanol–water partition coefficient (Wildman–Crippen LogP) is 4.02. The Hall–Kier alpha value is -0.940. The molecule has 2 aliphatic heterocycles. The van der Waals surface area contributed by atoms with E-state index < -0.39 is 0 Å². The van der Waals surface area contributed by atoms with Crippen LogP contribution in [-0.2, 0) is 17.8 Å². The number of aryl methyl sites for hydroxylation is 2. The summed E-state index contributed by atoms with van der Waals surface area (Å²) >= 11 is 1.86. The van der Waals surface area contributed by atoms with Gasteiger partial charge in [-0.3, -0.25) is 9.69 Å². The predicted molar refractivity (Wildman–Crippen MR) is 104 cm³/mol. The maximum absolute atomic E-state index is 12.3. The highest BCUT2D eigenvalue weighted by Crippen LogP contribution is 2.39. The molecule has 1 atom stereocenters. The smallest absolute Gasteiger partial charge is 0.222 e. The Balaban J connectivity index is 1.66. The highest BCUT2D eigenvalue weighted by atomic mass is 32.1. The Morgan fingerprint density at radius 2 is 2.08 bits per heavy atom. The van der Waals surface area contributed by atoms with E-state index in [9.17, 15) is 4.79 Å². The lowest BCUT2D eigenvalue weighted by Crippen LogP contribution is -2.53. The van der Waals surface area contributed by atoms with E-state index in [1.807, 2.05) is 11.3 Å². The average Bonchev–Trinajstić information content (AvgIpc) is 2.95. The van der Waals surface area contributed by atoms with E-state index in [4.69, 9.17) is 4.98 Å². The Kier molecular flexibility index (Phi) is 6.16. The first-order chi connectivity index (χ1) is 12.0. The lowest BCUT2D eigenvalue weighted by atomic mass is 9.73. The standard InChI is InChI=1S/C20H33N3OS/c1-4-6-12-23-15-20(10-8-19(23)24)9-7-11-22(14-20)13-18-17(5-2)21-16(3)25-18/h4-15H2,1-3H3/t20-/m0/s1. The van der Waals surface area contributed by atoms with Gasteiger partial charge in [-0.2, -0.15) is 0 Å². The van der Waals surface area contributed by atoms with E-state index in [1.54, 1.807) is 0 Å². The summed E-state index contributed by atoms with van der Waals surface area (Å²) in [6.45, 7) is 11.8. The molecule has 4 nitrogen and oxygen atoms in total. The van der Waals surface area contributed by atoms with Gasteiger partial charge in [-0.15, -0.1) is 11.3 Å². The molecule has 1 amide bonds. The van der Waals surface area contributed by atoms with Gasteiger partial charge in [-0.1, -0.05) is 20.3 Å². The van der Waals surface area contributed by atoms with Crippen LogP contribution in [-0.4, -0.2) is 46.9 Å². The minimum Gasteiger partial charge on any atom is -0.342 e. The monoisotopic (exact) mass is 363 g/mol. The summed E-state index contributed by atoms with van der Waals surface area (Å²) < 4.78 is 0. The number of carbonyl (C=O) groups is 1. The Morgan fingerprint density at radius 1 is 1.24 bits per heavy atom. The number of hydrogen-bond acceptors (Lipinski definition) is 4. The summed E-state index contributed by atoms with van der Waals surface area (Å²) in [6.07, 6.45) is 7.68. The molecule has 2 fully saturated rings. The summed E-state index contributed by atoms with van der Waals surface area (Å²) in [5.74, 6) is 0.377. The van der Waals surface area contributed by atoms with Crippen LogP contribution < -0.4 is 0 Å². The third-order valence-corrected chi connectivity index (χ3v) is 6.86. The summed E-state index contributed by atoms with van der Waals surface area (Å²) in [4.78, 5) is 23.2. The molecule has 3 heterocycles. The first kappa shape index (κ1) is 18.8. The number of piperidine rings is 2. The molecular weight excluding hydrogens is 330 g/mol. The molecular formula is C20H33N3OS. The number of hydrogen-bond donors (Lipinski definition) is 0. The summed E-state index contributed by atoms with van der Waals surface area (Å²) in [7, 11) is 0. The molecule has 0 aliphatic carbocycles. The van der Waals surface area contributed by atoms with E-state index in [0.717, 1.165) is 58.3 Å². The zero-order valence-electron chi connectivity index (χ0n) is 16.1. The van der Waals surface area contributed by atoms with Crippen LogP contribution in [0.1, 0.15) is 68.0 Å². The van der Waals surface area contributed by atoms with Gasteiger partial charge in [0.15, 0.2) is 0 Å². The molecule has 1 aromatic rings. The van der Waals surface area contributed by atoms with Crippen LogP contribution in [0, 0.1) is 12.3 Å². The highest BCUT2D eigenvalue weighted by molar-refractivity contribution is 7.11. The van der Waals surface area contributed by atoms with E-state index in [1.165, 1.54) is 35.0 Å². The van der Waals surface area contributed by atoms with Crippen molar-refractivity contribution in [3.8, 4) is 0 Å². The molecule has 0 radical (unpaired) electrons. The number of rotatable bonds is 6. The summed E-state index contributed by atoms with van der Waals surface area (Å²) in [5.41, 5.74) is 1.61. The third kappa shape index (κ3) is 4.43. The van der Waals surface area contributed by atoms with E-state index in [0.29, 0.717) is 11.3 Å². The van der Waals surface area contributed by atoms with Crippen LogP contribution in [0.3, 0.4) is 0 Å². The molecule has 2 saturated heterocycles. The Labute approximate surface area is 156 Å². The highest BCUT2D eigenvalue weighted by Gasteiger charge is 2.41. The van der Waals surface area contributed by atoms with Gasteiger partial charge in [-0.25, -0.2) is 4.98 Å². The number of thiazole rings is 1. The molecule has 0 aromatic carbocycles. The quantitative estimate of drug-likeness (QED) is 0.766. The zero-order valence-corrected chi connectivity index (χ0v) is 17.0. The SMILES string of the molecule is CCCCN1C[C@@]2(CCCN(Cc3sc(C)nc3CC)C2)CCC1=O. The van der Waals surface area contributed by atoms with Crippen molar-refractivity contribution in [2.75, 3.05) is 26.2 Å². The molecule has 0 unspecified atom stereocenters. The topological polar surface area (TPSA) is 36.4 Å². The van der Waals surface area contributed by atoms with Crippen molar-refractivity contribution in [2.45, 2.75) is 72.3 Å². The van der Waals surface area contributed by atoms with Crippen molar-refractivity contribution in [1.29, 1.82) is 0 Å². The number of likely N-dealkylation sites (tertiary alicyclic amines) is 2. The van der Waals surface area contributed by atoms with Gasteiger partial charge in [0.2, 0.25) is 5.91 Å². The first-order valence-corrected chi connectivity index (χ1v) is 10.8. The maximum Gasteiger partial charge on any atom is 0.222 e. The number of carbonyl (C=O) groups excluding carboxylic acids is 1. The fourth-order valence-corrected chi connectivity index (χ4v) is 5.62. The number of amides is 1. The summed E-state index contributed by atoms with van der Waals surface area (Å²) in [6, 6.07) is 0. The molecule has 25 heavy (non-hydrogen) atoms. The lowest BCUT2D eigenvalue weighted by Gasteiger charge is -2.48. The van der Waals surface area contributed by atoms with Crippen LogP contribution >= 0.6 is 11.3 Å². The van der Waals surface area contributed by atoms with Gasteiger partial charge in [0.1, 0.15) is 0 Å². The fraction of sp³-hybridized carbons (Fsp3) is 0.800. The minimum atomic E-state index is 0.325. The van der Waals surface area contributed by atoms with Crippen molar-refractivity contribution in [3.05, 3.63) is 15.6 Å². The zero-order chi connectivity index (χ0) is 17.9. The van der Waals surface area contributed by atoms with Crippen molar-refractivity contribution >= 4 is 17.2 Å². The van der Waals surface area contributed by atoms with Gasteiger partial charge < -0.3 is 4.90 Å². The Morgan fingerprint density at radius 3 is 2.84 bits per heavy atom. The molecule has 0 bridgehead atoms. The largest absolute Gasteiger partial charge is 0.342 e. The molecule has 5 heteroatoms. The molecule has 1 spiro atoms. The van der Waals surface area contributed by atoms with Crippen molar-refractivity contribution in [3.63, 3.8) is 0 Å². The van der Waals surface area contributed by atoms with Gasteiger partial charge in [0.05, 0.1) is 10.7 Å². The van der Waals surface area contributed by atoms with E-state index in [-0.39, 0.29) is 0 Å². The third-order valence-electron chi connectivity index (χ3n) is 5.86. The van der Waals surface area contributed by atoms with Crippen molar-refractivity contribution in [2.24, 2.45) is 5.41 Å². The van der Waals surface area contributed by atoms with Gasteiger partial charge in [0.25, 0.3) is 0 Å². The molecule has 0 saturated carbocycles. The second kappa shape index (κ2) is 8.17. The van der Waals surface area contributed by atoms with E-state index >= 15 is 0 Å². The van der Waals surface area contributed by atoms with Gasteiger partial charge in [-0.05, 0) is 45.6 Å². The summed E-state index contributed by atoms with van der Waals surface area (Å²) in [5, 5.41) is 1.19. The van der Waals surface area contributed by atoms with Crippen LogP contribution in [0.2, 0.25) is 0 Å². The number of aromatic nitrogens is 1. The number of nitrogens with zero attached hydrogens (tertiary/aromatic N) is 3. The van der Waals surface area contributed by atoms with Gasteiger partial charge in [0, 0.05) is 42.9 Å². The average molecular weight is 364 g/mol. The van der Waals surface area contributed by atoms with Crippen LogP contribution in [0.25, 0.3) is 0 Å². The molecule has 1 aromatic heterocycles. The molecule has 3 rings (SSSR count). The van der Waals surface area contributed by atoms with Crippen molar-refractivity contribution < 1.29 is 4.79 Å². The fourth-order valence-electron chi connectivity index (χ4n) is 4.55. The molecule has 2 aliphatic rings. The lowest BCUT2D eigenvalue weighted by molar-refractivity contribution is -0.139. The van der Waals surface area contributed by atoms with Gasteiger partial charge >= 0.3 is 0 Å².